The van der Waals surface area contributed by atoms with Crippen molar-refractivity contribution in [1.82, 2.24) is 15.1 Å². The van der Waals surface area contributed by atoms with Gasteiger partial charge < -0.3 is 10.4 Å². The summed E-state index contributed by atoms with van der Waals surface area (Å²) < 4.78 is 1.99. The molecule has 2 atom stereocenters. The average molecular weight is 237 g/mol. The van der Waals surface area contributed by atoms with Crippen LogP contribution >= 0.6 is 0 Å². The normalized spacial score (nSPS) is 21.7. The molecule has 2 rings (SSSR count). The smallest absolute Gasteiger partial charge is 0.310 e. The molecule has 0 spiro atoms. The van der Waals surface area contributed by atoms with Gasteiger partial charge in [0.2, 0.25) is 0 Å². The van der Waals surface area contributed by atoms with E-state index >= 15 is 0 Å². The Balaban J connectivity index is 2.37. The van der Waals surface area contributed by atoms with Crippen molar-refractivity contribution in [2.75, 3.05) is 13.1 Å². The van der Waals surface area contributed by atoms with Gasteiger partial charge in [-0.05, 0) is 33.7 Å². The van der Waals surface area contributed by atoms with Crippen molar-refractivity contribution in [3.05, 3.63) is 17.0 Å². The molecule has 1 aliphatic rings. The largest absolute Gasteiger partial charge is 0.481 e. The van der Waals surface area contributed by atoms with Crippen LogP contribution < -0.4 is 5.32 Å². The average Bonchev–Trinajstić information content (AvgIpc) is 2.86. The summed E-state index contributed by atoms with van der Waals surface area (Å²) in [6, 6.07) is 0.364. The maximum Gasteiger partial charge on any atom is 0.310 e. The van der Waals surface area contributed by atoms with Gasteiger partial charge in [0.1, 0.15) is 0 Å². The maximum absolute atomic E-state index is 11.1. The van der Waals surface area contributed by atoms with Gasteiger partial charge >= 0.3 is 5.97 Å². The lowest BCUT2D eigenvalue weighted by molar-refractivity contribution is -0.138. The summed E-state index contributed by atoms with van der Waals surface area (Å²) in [4.78, 5) is 11.1. The molecule has 0 aromatic carbocycles. The van der Waals surface area contributed by atoms with Gasteiger partial charge in [-0.2, -0.15) is 5.10 Å². The van der Waals surface area contributed by atoms with Crippen molar-refractivity contribution < 1.29 is 9.90 Å². The van der Waals surface area contributed by atoms with E-state index in [0.29, 0.717) is 6.04 Å². The summed E-state index contributed by atoms with van der Waals surface area (Å²) in [6.07, 6.45) is 1.06. The van der Waals surface area contributed by atoms with Crippen molar-refractivity contribution in [1.29, 1.82) is 0 Å². The standard InChI is InChI=1S/C12H19N3O2/c1-7(12(16)17)11-8(2)14-15(9(11)3)10-4-5-13-6-10/h7,10,13H,4-6H2,1-3H3,(H,16,17). The Hall–Kier alpha value is -1.36. The van der Waals surface area contributed by atoms with Gasteiger partial charge in [0.15, 0.2) is 0 Å². The van der Waals surface area contributed by atoms with Gasteiger partial charge in [0.05, 0.1) is 17.7 Å². The molecule has 2 N–H and O–H groups in total. The fraction of sp³-hybridized carbons (Fsp3) is 0.667. The Kier molecular flexibility index (Phi) is 3.19. The number of aromatic nitrogens is 2. The van der Waals surface area contributed by atoms with Crippen LogP contribution in [0.15, 0.2) is 0 Å². The van der Waals surface area contributed by atoms with Crippen molar-refractivity contribution in [3.63, 3.8) is 0 Å². The second-order valence-corrected chi connectivity index (χ2v) is 4.74. The van der Waals surface area contributed by atoms with Crippen LogP contribution in [0.2, 0.25) is 0 Å². The lowest BCUT2D eigenvalue weighted by Crippen LogP contribution is -2.16. The van der Waals surface area contributed by atoms with E-state index in [1.54, 1.807) is 6.92 Å². The van der Waals surface area contributed by atoms with Crippen LogP contribution in [0.5, 0.6) is 0 Å². The molecule has 1 aromatic rings. The first-order chi connectivity index (χ1) is 8.02. The SMILES string of the molecule is Cc1nn(C2CCNC2)c(C)c1C(C)C(=O)O. The molecular formula is C12H19N3O2. The second-order valence-electron chi connectivity index (χ2n) is 4.74. The summed E-state index contributed by atoms with van der Waals surface area (Å²) in [5.41, 5.74) is 2.69. The first-order valence-corrected chi connectivity index (χ1v) is 6.01. The molecule has 0 radical (unpaired) electrons. The molecule has 0 bridgehead atoms. The van der Waals surface area contributed by atoms with E-state index in [4.69, 9.17) is 5.11 Å². The minimum absolute atomic E-state index is 0.364. The van der Waals surface area contributed by atoms with Crippen LogP contribution in [0.25, 0.3) is 0 Å². The summed E-state index contributed by atoms with van der Waals surface area (Å²) in [7, 11) is 0. The van der Waals surface area contributed by atoms with Crippen LogP contribution in [-0.2, 0) is 4.79 Å². The van der Waals surface area contributed by atoms with Crippen LogP contribution in [0.3, 0.4) is 0 Å². The van der Waals surface area contributed by atoms with E-state index in [1.165, 1.54) is 0 Å². The summed E-state index contributed by atoms with van der Waals surface area (Å²) in [6.45, 7) is 7.50. The number of nitrogens with one attached hydrogen (secondary N) is 1. The van der Waals surface area contributed by atoms with E-state index < -0.39 is 11.9 Å². The van der Waals surface area contributed by atoms with Crippen molar-refractivity contribution >= 4 is 5.97 Å². The summed E-state index contributed by atoms with van der Waals surface area (Å²) in [5.74, 6) is -1.28. The lowest BCUT2D eigenvalue weighted by Gasteiger charge is -2.13. The third-order valence-corrected chi connectivity index (χ3v) is 3.56. The quantitative estimate of drug-likeness (QED) is 0.829. The topological polar surface area (TPSA) is 67.2 Å². The number of carboxylic acid groups (broad SMARTS) is 1. The highest BCUT2D eigenvalue weighted by Gasteiger charge is 2.26. The Labute approximate surface area is 101 Å². The molecule has 0 amide bonds. The molecule has 1 aromatic heterocycles. The number of aliphatic carboxylic acids is 1. The zero-order chi connectivity index (χ0) is 12.6. The van der Waals surface area contributed by atoms with E-state index in [-0.39, 0.29) is 0 Å². The predicted molar refractivity (Wildman–Crippen MR) is 64.3 cm³/mol. The molecule has 17 heavy (non-hydrogen) atoms. The van der Waals surface area contributed by atoms with Crippen molar-refractivity contribution in [2.24, 2.45) is 0 Å². The third kappa shape index (κ3) is 2.07. The van der Waals surface area contributed by atoms with E-state index in [9.17, 15) is 4.79 Å². The number of carbonyl (C=O) groups is 1. The highest BCUT2D eigenvalue weighted by atomic mass is 16.4. The molecule has 1 aliphatic heterocycles. The van der Waals surface area contributed by atoms with Crippen LogP contribution in [0, 0.1) is 13.8 Å². The molecule has 2 heterocycles. The number of nitrogens with zero attached hydrogens (tertiary/aromatic N) is 2. The molecule has 5 nitrogen and oxygen atoms in total. The van der Waals surface area contributed by atoms with Gasteiger partial charge in [0.25, 0.3) is 0 Å². The lowest BCUT2D eigenvalue weighted by atomic mass is 9.99. The van der Waals surface area contributed by atoms with E-state index in [0.717, 1.165) is 36.5 Å². The second kappa shape index (κ2) is 4.49. The molecule has 1 fully saturated rings. The van der Waals surface area contributed by atoms with Crippen LogP contribution in [0.1, 0.15) is 42.3 Å². The molecule has 1 saturated heterocycles. The fourth-order valence-corrected chi connectivity index (χ4v) is 2.63. The summed E-state index contributed by atoms with van der Waals surface area (Å²) >= 11 is 0. The molecule has 0 aliphatic carbocycles. The molecule has 0 saturated carbocycles. The van der Waals surface area contributed by atoms with Crippen molar-refractivity contribution in [3.8, 4) is 0 Å². The molecule has 94 valence electrons. The van der Waals surface area contributed by atoms with Gasteiger partial charge in [-0.3, -0.25) is 9.48 Å². The zero-order valence-electron chi connectivity index (χ0n) is 10.5. The monoisotopic (exact) mass is 237 g/mol. The Morgan fingerprint density at radius 3 is 2.82 bits per heavy atom. The zero-order valence-corrected chi connectivity index (χ0v) is 10.5. The number of carboxylic acids is 1. The number of aryl methyl sites for hydroxylation is 1. The first kappa shape index (κ1) is 12.1. The van der Waals surface area contributed by atoms with Gasteiger partial charge in [-0.1, -0.05) is 0 Å². The van der Waals surface area contributed by atoms with E-state index in [1.807, 2.05) is 18.5 Å². The number of rotatable bonds is 3. The summed E-state index contributed by atoms with van der Waals surface area (Å²) in [5, 5.41) is 16.9. The van der Waals surface area contributed by atoms with Crippen LogP contribution in [0.4, 0.5) is 0 Å². The fourth-order valence-electron chi connectivity index (χ4n) is 2.63. The van der Waals surface area contributed by atoms with Gasteiger partial charge in [-0.25, -0.2) is 0 Å². The Morgan fingerprint density at radius 2 is 2.29 bits per heavy atom. The Bertz CT molecular complexity index is 433. The highest BCUT2D eigenvalue weighted by molar-refractivity contribution is 5.76. The van der Waals surface area contributed by atoms with Crippen LogP contribution in [-0.4, -0.2) is 33.9 Å². The predicted octanol–water partition coefficient (Wildman–Crippen LogP) is 1.22. The van der Waals surface area contributed by atoms with Gasteiger partial charge in [0, 0.05) is 17.8 Å². The minimum Gasteiger partial charge on any atom is -0.481 e. The molecule has 2 unspecified atom stereocenters. The number of hydrogen-bond acceptors (Lipinski definition) is 3. The molecule has 5 heteroatoms. The Morgan fingerprint density at radius 1 is 1.59 bits per heavy atom. The first-order valence-electron chi connectivity index (χ1n) is 6.01. The van der Waals surface area contributed by atoms with Crippen molar-refractivity contribution in [2.45, 2.75) is 39.2 Å². The maximum atomic E-state index is 11.1. The highest BCUT2D eigenvalue weighted by Crippen LogP contribution is 2.27. The van der Waals surface area contributed by atoms with Gasteiger partial charge in [-0.15, -0.1) is 0 Å². The van der Waals surface area contributed by atoms with E-state index in [2.05, 4.69) is 10.4 Å². The minimum atomic E-state index is -0.791. The number of hydrogen-bond donors (Lipinski definition) is 2. The third-order valence-electron chi connectivity index (χ3n) is 3.56. The molecular weight excluding hydrogens is 218 g/mol.